The van der Waals surface area contributed by atoms with E-state index in [0.717, 1.165) is 18.7 Å². The fraction of sp³-hybridized carbons (Fsp3) is 1.00. The summed E-state index contributed by atoms with van der Waals surface area (Å²) in [4.78, 5) is 2.12. The molecule has 0 spiro atoms. The van der Waals surface area contributed by atoms with E-state index >= 15 is 0 Å². The third kappa shape index (κ3) is 3.85. The topological polar surface area (TPSA) is 63.4 Å². The third-order valence-electron chi connectivity index (χ3n) is 3.56. The maximum Gasteiger partial charge on any atom is 0.164 e. The van der Waals surface area contributed by atoms with Crippen molar-refractivity contribution in [3.05, 3.63) is 0 Å². The van der Waals surface area contributed by atoms with Gasteiger partial charge in [-0.2, -0.15) is 11.8 Å². The van der Waals surface area contributed by atoms with Crippen molar-refractivity contribution in [1.82, 2.24) is 4.90 Å². The van der Waals surface area contributed by atoms with E-state index in [0.29, 0.717) is 18.2 Å². The standard InChI is InChI=1S/C12H26N2O2S2/c1-10(2)7-12(3,9-13)14-5-6-17-8-11(14)18(4,15)16/h10-11H,5-9,13H2,1-4H3. The van der Waals surface area contributed by atoms with Crippen molar-refractivity contribution in [2.45, 2.75) is 38.1 Å². The van der Waals surface area contributed by atoms with Crippen molar-refractivity contribution in [3.63, 3.8) is 0 Å². The number of hydrogen-bond donors (Lipinski definition) is 1. The van der Waals surface area contributed by atoms with E-state index in [1.165, 1.54) is 6.26 Å². The molecule has 2 unspecified atom stereocenters. The molecule has 0 bridgehead atoms. The highest BCUT2D eigenvalue weighted by Crippen LogP contribution is 2.31. The van der Waals surface area contributed by atoms with Crippen molar-refractivity contribution >= 4 is 21.6 Å². The molecule has 6 heteroatoms. The summed E-state index contributed by atoms with van der Waals surface area (Å²) < 4.78 is 23.9. The maximum absolute atomic E-state index is 11.9. The van der Waals surface area contributed by atoms with Crippen molar-refractivity contribution in [2.24, 2.45) is 11.7 Å². The Kier molecular flexibility index (Phi) is 5.53. The zero-order valence-corrected chi connectivity index (χ0v) is 13.5. The third-order valence-corrected chi connectivity index (χ3v) is 6.20. The number of nitrogens with two attached hydrogens (primary N) is 1. The quantitative estimate of drug-likeness (QED) is 0.824. The van der Waals surface area contributed by atoms with Gasteiger partial charge < -0.3 is 5.73 Å². The molecule has 1 saturated heterocycles. The molecule has 0 aromatic rings. The van der Waals surface area contributed by atoms with Crippen LogP contribution in [0, 0.1) is 5.92 Å². The molecule has 1 heterocycles. The van der Waals surface area contributed by atoms with E-state index in [2.05, 4.69) is 25.7 Å². The van der Waals surface area contributed by atoms with Crippen LogP contribution in [-0.2, 0) is 9.84 Å². The predicted molar refractivity (Wildman–Crippen MR) is 79.6 cm³/mol. The summed E-state index contributed by atoms with van der Waals surface area (Å²) in [5.74, 6) is 2.15. The summed E-state index contributed by atoms with van der Waals surface area (Å²) in [6.45, 7) is 7.72. The molecule has 1 aliphatic heterocycles. The first-order valence-corrected chi connectivity index (χ1v) is 9.55. The SMILES string of the molecule is CC(C)CC(C)(CN)N1CCSCC1S(C)(=O)=O. The Hall–Kier alpha value is 0.220. The maximum atomic E-state index is 11.9. The van der Waals surface area contributed by atoms with Crippen LogP contribution in [0.4, 0.5) is 0 Å². The summed E-state index contributed by atoms with van der Waals surface area (Å²) in [5, 5.41) is -0.386. The van der Waals surface area contributed by atoms with Crippen LogP contribution in [0.5, 0.6) is 0 Å². The molecule has 4 nitrogen and oxygen atoms in total. The summed E-state index contributed by atoms with van der Waals surface area (Å²) in [7, 11) is -3.05. The molecule has 2 atom stereocenters. The molecule has 0 amide bonds. The molecule has 0 aliphatic carbocycles. The van der Waals surface area contributed by atoms with Crippen LogP contribution in [0.25, 0.3) is 0 Å². The van der Waals surface area contributed by atoms with Gasteiger partial charge in [0.2, 0.25) is 0 Å². The first-order chi connectivity index (χ1) is 8.20. The Morgan fingerprint density at radius 2 is 2.11 bits per heavy atom. The average molecular weight is 294 g/mol. The van der Waals surface area contributed by atoms with Gasteiger partial charge in [0.15, 0.2) is 9.84 Å². The van der Waals surface area contributed by atoms with Gasteiger partial charge in [0.05, 0.1) is 0 Å². The average Bonchev–Trinajstić information content (AvgIpc) is 2.27. The largest absolute Gasteiger partial charge is 0.329 e. The van der Waals surface area contributed by atoms with Gasteiger partial charge in [0.1, 0.15) is 5.37 Å². The van der Waals surface area contributed by atoms with Gasteiger partial charge in [-0.25, -0.2) is 8.42 Å². The van der Waals surface area contributed by atoms with E-state index in [4.69, 9.17) is 5.73 Å². The van der Waals surface area contributed by atoms with Crippen molar-refractivity contribution in [1.29, 1.82) is 0 Å². The van der Waals surface area contributed by atoms with Gasteiger partial charge in [-0.15, -0.1) is 0 Å². The van der Waals surface area contributed by atoms with Crippen LogP contribution in [0.15, 0.2) is 0 Å². The first-order valence-electron chi connectivity index (χ1n) is 6.44. The number of rotatable bonds is 5. The first kappa shape index (κ1) is 16.3. The second-order valence-corrected chi connectivity index (χ2v) is 9.20. The highest BCUT2D eigenvalue weighted by molar-refractivity contribution is 8.00. The number of hydrogen-bond acceptors (Lipinski definition) is 5. The smallest absolute Gasteiger partial charge is 0.164 e. The molecule has 2 N–H and O–H groups in total. The summed E-state index contributed by atoms with van der Waals surface area (Å²) in [6, 6.07) is 0. The molecule has 108 valence electrons. The molecule has 0 saturated carbocycles. The monoisotopic (exact) mass is 294 g/mol. The Bertz CT molecular complexity index is 370. The van der Waals surface area contributed by atoms with Gasteiger partial charge in [-0.3, -0.25) is 4.90 Å². The Morgan fingerprint density at radius 1 is 1.50 bits per heavy atom. The summed E-state index contributed by atoms with van der Waals surface area (Å²) in [6.07, 6.45) is 2.27. The lowest BCUT2D eigenvalue weighted by Gasteiger charge is -2.47. The number of thioether (sulfide) groups is 1. The van der Waals surface area contributed by atoms with E-state index in [-0.39, 0.29) is 10.9 Å². The van der Waals surface area contributed by atoms with Gasteiger partial charge in [0, 0.05) is 36.4 Å². The minimum absolute atomic E-state index is 0.219. The fourth-order valence-electron chi connectivity index (χ4n) is 2.75. The van der Waals surface area contributed by atoms with E-state index in [1.54, 1.807) is 11.8 Å². The lowest BCUT2D eigenvalue weighted by atomic mass is 9.89. The van der Waals surface area contributed by atoms with E-state index < -0.39 is 9.84 Å². The minimum Gasteiger partial charge on any atom is -0.329 e. The van der Waals surface area contributed by atoms with Gasteiger partial charge in [-0.05, 0) is 19.3 Å². The van der Waals surface area contributed by atoms with E-state index in [9.17, 15) is 8.42 Å². The fourth-order valence-corrected chi connectivity index (χ4v) is 5.72. The molecule has 0 aromatic carbocycles. The zero-order chi connectivity index (χ0) is 14.0. The number of nitrogens with zero attached hydrogens (tertiary/aromatic N) is 1. The Labute approximate surface area is 116 Å². The highest BCUT2D eigenvalue weighted by Gasteiger charge is 2.41. The van der Waals surface area contributed by atoms with Crippen LogP contribution in [0.2, 0.25) is 0 Å². The highest BCUT2D eigenvalue weighted by atomic mass is 32.2. The molecular weight excluding hydrogens is 268 g/mol. The van der Waals surface area contributed by atoms with Crippen LogP contribution in [-0.4, -0.2) is 55.1 Å². The molecule has 0 aromatic heterocycles. The van der Waals surface area contributed by atoms with Crippen molar-refractivity contribution < 1.29 is 8.42 Å². The van der Waals surface area contributed by atoms with Crippen LogP contribution in [0.1, 0.15) is 27.2 Å². The lowest BCUT2D eigenvalue weighted by molar-refractivity contribution is 0.0849. The van der Waals surface area contributed by atoms with Crippen molar-refractivity contribution in [3.8, 4) is 0 Å². The second-order valence-electron chi connectivity index (χ2n) is 5.85. The van der Waals surface area contributed by atoms with E-state index in [1.807, 2.05) is 0 Å². The minimum atomic E-state index is -3.05. The molecule has 1 rings (SSSR count). The molecule has 1 fully saturated rings. The van der Waals surface area contributed by atoms with Crippen LogP contribution < -0.4 is 5.73 Å². The van der Waals surface area contributed by atoms with Crippen LogP contribution in [0.3, 0.4) is 0 Å². The second kappa shape index (κ2) is 6.11. The molecule has 18 heavy (non-hydrogen) atoms. The molecular formula is C12H26N2O2S2. The summed E-state index contributed by atoms with van der Waals surface area (Å²) >= 11 is 1.72. The van der Waals surface area contributed by atoms with Crippen LogP contribution >= 0.6 is 11.8 Å². The van der Waals surface area contributed by atoms with Gasteiger partial charge >= 0.3 is 0 Å². The normalized spacial score (nSPS) is 26.2. The zero-order valence-electron chi connectivity index (χ0n) is 11.8. The number of sulfone groups is 1. The van der Waals surface area contributed by atoms with Crippen molar-refractivity contribution in [2.75, 3.05) is 30.9 Å². The van der Waals surface area contributed by atoms with Gasteiger partial charge in [0.25, 0.3) is 0 Å². The Morgan fingerprint density at radius 3 is 2.56 bits per heavy atom. The Balaban J connectivity index is 3.00. The van der Waals surface area contributed by atoms with Gasteiger partial charge in [-0.1, -0.05) is 13.8 Å². The predicted octanol–water partition coefficient (Wildman–Crippen LogP) is 1.17. The molecule has 0 radical (unpaired) electrons. The molecule has 1 aliphatic rings. The summed E-state index contributed by atoms with van der Waals surface area (Å²) in [5.41, 5.74) is 5.73. The lowest BCUT2D eigenvalue weighted by Crippen LogP contribution is -2.61.